The first-order chi connectivity index (χ1) is 9.74. The number of H-pyrrole nitrogens is 1. The van der Waals surface area contributed by atoms with Gasteiger partial charge in [-0.15, -0.1) is 0 Å². The first kappa shape index (κ1) is 12.8. The van der Waals surface area contributed by atoms with Gasteiger partial charge in [-0.25, -0.2) is 4.98 Å². The fourth-order valence-electron chi connectivity index (χ4n) is 1.99. The molecule has 3 rings (SSSR count). The van der Waals surface area contributed by atoms with Crippen molar-refractivity contribution in [3.63, 3.8) is 0 Å². The SMILES string of the molecule is CC(CNc1nc(Cl)nc2nc[nH]c12)c1ccncc1. The maximum atomic E-state index is 5.89. The Morgan fingerprint density at radius 3 is 2.90 bits per heavy atom. The number of nitrogens with one attached hydrogen (secondary N) is 2. The lowest BCUT2D eigenvalue weighted by atomic mass is 10.0. The Morgan fingerprint density at radius 2 is 2.10 bits per heavy atom. The smallest absolute Gasteiger partial charge is 0.226 e. The van der Waals surface area contributed by atoms with Gasteiger partial charge in [-0.1, -0.05) is 6.92 Å². The molecule has 102 valence electrons. The van der Waals surface area contributed by atoms with E-state index in [4.69, 9.17) is 11.6 Å². The Bertz CT molecular complexity index is 711. The molecule has 1 atom stereocenters. The fraction of sp³-hybridized carbons (Fsp3) is 0.231. The number of nitrogens with zero attached hydrogens (tertiary/aromatic N) is 4. The molecule has 2 N–H and O–H groups in total. The number of aromatic amines is 1. The molecular formula is C13H13ClN6. The maximum Gasteiger partial charge on any atom is 0.226 e. The Labute approximate surface area is 120 Å². The number of aromatic nitrogens is 5. The van der Waals surface area contributed by atoms with Crippen molar-refractivity contribution in [3.8, 4) is 0 Å². The molecule has 0 radical (unpaired) electrons. The van der Waals surface area contributed by atoms with E-state index in [-0.39, 0.29) is 5.28 Å². The van der Waals surface area contributed by atoms with E-state index in [1.165, 1.54) is 5.56 Å². The number of halogens is 1. The molecule has 6 nitrogen and oxygen atoms in total. The number of hydrogen-bond acceptors (Lipinski definition) is 5. The van der Waals surface area contributed by atoms with Crippen LogP contribution in [0, 0.1) is 0 Å². The second-order valence-corrected chi connectivity index (χ2v) is 4.84. The molecule has 0 spiro atoms. The highest BCUT2D eigenvalue weighted by Gasteiger charge is 2.10. The van der Waals surface area contributed by atoms with Crippen LogP contribution in [-0.4, -0.2) is 31.5 Å². The van der Waals surface area contributed by atoms with Crippen molar-refractivity contribution in [2.75, 3.05) is 11.9 Å². The number of rotatable bonds is 4. The minimum absolute atomic E-state index is 0.184. The summed E-state index contributed by atoms with van der Waals surface area (Å²) in [5.74, 6) is 0.989. The molecule has 0 fully saturated rings. The Kier molecular flexibility index (Phi) is 3.47. The highest BCUT2D eigenvalue weighted by Crippen LogP contribution is 2.20. The predicted octanol–water partition coefficient (Wildman–Crippen LogP) is 2.62. The highest BCUT2D eigenvalue weighted by molar-refractivity contribution is 6.28. The van der Waals surface area contributed by atoms with Gasteiger partial charge in [-0.2, -0.15) is 9.97 Å². The van der Waals surface area contributed by atoms with Crippen LogP contribution in [0.2, 0.25) is 5.28 Å². The molecule has 0 saturated heterocycles. The quantitative estimate of drug-likeness (QED) is 0.722. The second kappa shape index (κ2) is 5.42. The van der Waals surface area contributed by atoms with E-state index in [0.29, 0.717) is 17.4 Å². The third-order valence-electron chi connectivity index (χ3n) is 3.11. The summed E-state index contributed by atoms with van der Waals surface area (Å²) in [6.07, 6.45) is 5.16. The van der Waals surface area contributed by atoms with Gasteiger partial charge in [0, 0.05) is 18.9 Å². The van der Waals surface area contributed by atoms with Gasteiger partial charge in [0.1, 0.15) is 5.52 Å². The van der Waals surface area contributed by atoms with Gasteiger partial charge in [0.25, 0.3) is 0 Å². The number of hydrogen-bond donors (Lipinski definition) is 2. The van der Waals surface area contributed by atoms with E-state index in [2.05, 4.69) is 37.2 Å². The second-order valence-electron chi connectivity index (χ2n) is 4.50. The minimum atomic E-state index is 0.184. The van der Waals surface area contributed by atoms with Crippen LogP contribution in [0.15, 0.2) is 30.9 Å². The lowest BCUT2D eigenvalue weighted by Crippen LogP contribution is -2.11. The van der Waals surface area contributed by atoms with E-state index >= 15 is 0 Å². The van der Waals surface area contributed by atoms with Crippen molar-refractivity contribution < 1.29 is 0 Å². The number of anilines is 1. The lowest BCUT2D eigenvalue weighted by molar-refractivity contribution is 0.799. The summed E-state index contributed by atoms with van der Waals surface area (Å²) in [5, 5.41) is 3.47. The lowest BCUT2D eigenvalue weighted by Gasteiger charge is -2.13. The van der Waals surface area contributed by atoms with Crippen LogP contribution < -0.4 is 5.32 Å². The van der Waals surface area contributed by atoms with E-state index in [0.717, 1.165) is 12.1 Å². The molecule has 0 aliphatic rings. The van der Waals surface area contributed by atoms with E-state index in [9.17, 15) is 0 Å². The largest absolute Gasteiger partial charge is 0.368 e. The average Bonchev–Trinajstić information content (AvgIpc) is 2.93. The predicted molar refractivity (Wildman–Crippen MR) is 77.8 cm³/mol. The van der Waals surface area contributed by atoms with Gasteiger partial charge in [0.05, 0.1) is 6.33 Å². The topological polar surface area (TPSA) is 79.4 Å². The normalized spacial score (nSPS) is 12.5. The number of imidazole rings is 1. The molecule has 0 aromatic carbocycles. The van der Waals surface area contributed by atoms with Crippen LogP contribution in [0.1, 0.15) is 18.4 Å². The third kappa shape index (κ3) is 2.55. The third-order valence-corrected chi connectivity index (χ3v) is 3.28. The molecular weight excluding hydrogens is 276 g/mol. The standard InChI is InChI=1S/C13H13ClN6/c1-8(9-2-4-15-5-3-9)6-16-11-10-12(18-7-17-10)20-13(14)19-11/h2-5,7-8H,6H2,1H3,(H2,16,17,18,19,20). The first-order valence-electron chi connectivity index (χ1n) is 6.24. The molecule has 0 aliphatic heterocycles. The summed E-state index contributed by atoms with van der Waals surface area (Å²) in [5.41, 5.74) is 2.54. The Balaban J connectivity index is 1.78. The molecule has 3 heterocycles. The molecule has 0 bridgehead atoms. The van der Waals surface area contributed by atoms with Crippen molar-refractivity contribution in [2.24, 2.45) is 0 Å². The number of fused-ring (bicyclic) bond motifs is 1. The van der Waals surface area contributed by atoms with Gasteiger partial charge in [-0.3, -0.25) is 4.98 Å². The zero-order valence-corrected chi connectivity index (χ0v) is 11.6. The van der Waals surface area contributed by atoms with Crippen LogP contribution >= 0.6 is 11.6 Å². The van der Waals surface area contributed by atoms with E-state index in [1.807, 2.05) is 12.1 Å². The summed E-state index contributed by atoms with van der Waals surface area (Å²) < 4.78 is 0. The summed E-state index contributed by atoms with van der Waals surface area (Å²) >= 11 is 5.89. The zero-order chi connectivity index (χ0) is 13.9. The summed E-state index contributed by atoms with van der Waals surface area (Å²) in [7, 11) is 0. The van der Waals surface area contributed by atoms with Crippen LogP contribution in [-0.2, 0) is 0 Å². The van der Waals surface area contributed by atoms with Crippen molar-refractivity contribution in [3.05, 3.63) is 41.7 Å². The van der Waals surface area contributed by atoms with Crippen molar-refractivity contribution in [2.45, 2.75) is 12.8 Å². The van der Waals surface area contributed by atoms with Crippen molar-refractivity contribution in [1.82, 2.24) is 24.9 Å². The van der Waals surface area contributed by atoms with Gasteiger partial charge in [0.2, 0.25) is 5.28 Å². The zero-order valence-electron chi connectivity index (χ0n) is 10.8. The number of pyridine rings is 1. The van der Waals surface area contributed by atoms with E-state index in [1.54, 1.807) is 18.7 Å². The molecule has 20 heavy (non-hydrogen) atoms. The Morgan fingerprint density at radius 1 is 1.30 bits per heavy atom. The van der Waals surface area contributed by atoms with E-state index < -0.39 is 0 Å². The molecule has 7 heteroatoms. The van der Waals surface area contributed by atoms with Crippen LogP contribution in [0.5, 0.6) is 0 Å². The monoisotopic (exact) mass is 288 g/mol. The van der Waals surface area contributed by atoms with Crippen LogP contribution in [0.4, 0.5) is 5.82 Å². The average molecular weight is 289 g/mol. The molecule has 0 aliphatic carbocycles. The molecule has 0 amide bonds. The molecule has 3 aromatic rings. The van der Waals surface area contributed by atoms with Gasteiger partial charge in [0.15, 0.2) is 11.5 Å². The fourth-order valence-corrected chi connectivity index (χ4v) is 2.16. The molecule has 1 unspecified atom stereocenters. The summed E-state index contributed by atoms with van der Waals surface area (Å²) in [6, 6.07) is 4.01. The minimum Gasteiger partial charge on any atom is -0.368 e. The van der Waals surface area contributed by atoms with Gasteiger partial charge >= 0.3 is 0 Å². The van der Waals surface area contributed by atoms with Crippen LogP contribution in [0.25, 0.3) is 11.2 Å². The first-order valence-corrected chi connectivity index (χ1v) is 6.62. The van der Waals surface area contributed by atoms with Gasteiger partial charge < -0.3 is 10.3 Å². The van der Waals surface area contributed by atoms with Crippen molar-refractivity contribution in [1.29, 1.82) is 0 Å². The summed E-state index contributed by atoms with van der Waals surface area (Å²) in [6.45, 7) is 2.86. The maximum absolute atomic E-state index is 5.89. The van der Waals surface area contributed by atoms with Crippen LogP contribution in [0.3, 0.4) is 0 Å². The Hall–Kier alpha value is -2.21. The van der Waals surface area contributed by atoms with Gasteiger partial charge in [-0.05, 0) is 35.2 Å². The molecule has 3 aromatic heterocycles. The molecule has 0 saturated carbocycles. The summed E-state index contributed by atoms with van der Waals surface area (Å²) in [4.78, 5) is 19.4. The highest BCUT2D eigenvalue weighted by atomic mass is 35.5. The van der Waals surface area contributed by atoms with Crippen molar-refractivity contribution >= 4 is 28.6 Å².